The monoisotopic (exact) mass is 363 g/mol. The molecule has 0 amide bonds. The molecule has 0 radical (unpaired) electrons. The molecule has 4 rings (SSSR count). The van der Waals surface area contributed by atoms with E-state index in [0.29, 0.717) is 6.10 Å². The van der Waals surface area contributed by atoms with Crippen LogP contribution in [0, 0.1) is 0 Å². The molecular formula is C22H23N2OS+. The van der Waals surface area contributed by atoms with Crippen LogP contribution in [0.4, 0.5) is 0 Å². The van der Waals surface area contributed by atoms with E-state index in [1.165, 1.54) is 22.4 Å². The molecule has 1 saturated heterocycles. The van der Waals surface area contributed by atoms with Gasteiger partial charge in [0.2, 0.25) is 0 Å². The van der Waals surface area contributed by atoms with E-state index in [1.807, 2.05) is 0 Å². The van der Waals surface area contributed by atoms with Crippen molar-refractivity contribution in [3.05, 3.63) is 72.8 Å². The highest BCUT2D eigenvalue weighted by atomic mass is 32.2. The summed E-state index contributed by atoms with van der Waals surface area (Å²) in [5.74, 6) is 0.897. The summed E-state index contributed by atoms with van der Waals surface area (Å²) in [5, 5.41) is 1.15. The Bertz CT molecular complexity index is 899. The second-order valence-electron chi connectivity index (χ2n) is 6.70. The number of hydrogen-bond donors (Lipinski definition) is 1. The fraction of sp³-hybridized carbons (Fsp3) is 0.227. The van der Waals surface area contributed by atoms with Crippen molar-refractivity contribution < 1.29 is 9.30 Å². The van der Waals surface area contributed by atoms with Gasteiger partial charge in [0.05, 0.1) is 6.61 Å². The molecule has 0 bridgehead atoms. The van der Waals surface area contributed by atoms with Gasteiger partial charge in [0.25, 0.3) is 0 Å². The van der Waals surface area contributed by atoms with Gasteiger partial charge in [-0.05, 0) is 18.7 Å². The van der Waals surface area contributed by atoms with Crippen molar-refractivity contribution in [1.82, 2.24) is 4.98 Å². The van der Waals surface area contributed by atoms with Crippen LogP contribution < -0.4 is 4.57 Å². The first-order chi connectivity index (χ1) is 12.7. The maximum absolute atomic E-state index is 5.54. The molecule has 1 atom stereocenters. The molecular weight excluding hydrogens is 340 g/mol. The summed E-state index contributed by atoms with van der Waals surface area (Å²) in [6, 6.07) is 21.1. The number of aromatic amines is 1. The topological polar surface area (TPSA) is 32.2 Å². The van der Waals surface area contributed by atoms with E-state index in [9.17, 15) is 0 Å². The fourth-order valence-electron chi connectivity index (χ4n) is 3.04. The van der Waals surface area contributed by atoms with Gasteiger partial charge in [-0.2, -0.15) is 0 Å². The molecule has 132 valence electrons. The van der Waals surface area contributed by atoms with E-state index in [1.54, 1.807) is 11.8 Å². The molecule has 3 aromatic rings. The number of imidazole rings is 1. The Labute approximate surface area is 158 Å². The highest BCUT2D eigenvalue weighted by molar-refractivity contribution is 7.99. The van der Waals surface area contributed by atoms with E-state index in [0.717, 1.165) is 29.8 Å². The van der Waals surface area contributed by atoms with Gasteiger partial charge in [-0.15, -0.1) is 0 Å². The number of nitrogens with zero attached hydrogens (tertiary/aromatic N) is 1. The molecule has 4 heteroatoms. The van der Waals surface area contributed by atoms with Gasteiger partial charge in [-0.25, -0.2) is 9.55 Å². The van der Waals surface area contributed by atoms with Gasteiger partial charge in [0.15, 0.2) is 11.4 Å². The Balaban J connectivity index is 1.87. The first kappa shape index (κ1) is 17.1. The van der Waals surface area contributed by atoms with Crippen LogP contribution in [0.1, 0.15) is 6.92 Å². The summed E-state index contributed by atoms with van der Waals surface area (Å²) >= 11 is 1.80. The summed E-state index contributed by atoms with van der Waals surface area (Å²) in [4.78, 5) is 3.68. The van der Waals surface area contributed by atoms with Crippen LogP contribution in [0.25, 0.3) is 22.5 Å². The average Bonchev–Trinajstić information content (AvgIpc) is 3.41. The molecule has 1 aromatic heterocycles. The van der Waals surface area contributed by atoms with E-state index in [-0.39, 0.29) is 0 Å². The summed E-state index contributed by atoms with van der Waals surface area (Å²) in [5.41, 5.74) is 5.95. The zero-order valence-electron chi connectivity index (χ0n) is 14.9. The molecule has 0 aliphatic carbocycles. The summed E-state index contributed by atoms with van der Waals surface area (Å²) in [7, 11) is 0. The normalized spacial score (nSPS) is 15.8. The molecule has 0 spiro atoms. The predicted octanol–water partition coefficient (Wildman–Crippen LogP) is 4.70. The van der Waals surface area contributed by atoms with Gasteiger partial charge in [0.1, 0.15) is 12.6 Å². The lowest BCUT2D eigenvalue weighted by molar-refractivity contribution is -0.722. The van der Waals surface area contributed by atoms with Gasteiger partial charge < -0.3 is 4.74 Å². The maximum atomic E-state index is 5.54. The van der Waals surface area contributed by atoms with Crippen molar-refractivity contribution >= 4 is 11.8 Å². The zero-order valence-corrected chi connectivity index (χ0v) is 15.8. The Hall–Kier alpha value is -2.30. The zero-order chi connectivity index (χ0) is 17.9. The maximum Gasteiger partial charge on any atom is 0.317 e. The molecule has 1 fully saturated rings. The minimum absolute atomic E-state index is 0.311. The Kier molecular flexibility index (Phi) is 4.96. The fourth-order valence-corrected chi connectivity index (χ4v) is 3.92. The van der Waals surface area contributed by atoms with E-state index in [4.69, 9.17) is 4.74 Å². The molecule has 0 saturated carbocycles. The number of rotatable bonds is 7. The highest BCUT2D eigenvalue weighted by Gasteiger charge is 2.33. The number of aromatic nitrogens is 2. The van der Waals surface area contributed by atoms with Gasteiger partial charge in [-0.1, -0.05) is 72.8 Å². The van der Waals surface area contributed by atoms with Crippen LogP contribution >= 0.6 is 11.8 Å². The van der Waals surface area contributed by atoms with Crippen molar-refractivity contribution in [2.45, 2.75) is 24.7 Å². The van der Waals surface area contributed by atoms with Crippen LogP contribution in [-0.2, 0) is 11.3 Å². The number of hydrogen-bond acceptors (Lipinski definition) is 2. The lowest BCUT2D eigenvalue weighted by atomic mass is 10.0. The standard InChI is InChI=1S/C22H22N2OS/c1-16(2)15-26-22-23-20(17-9-5-3-6-10-17)21(18-11-7-4-8-12-18)24(22)13-19-14-25-19/h3-12,19H,1,13-15H2,2H3/p+1/t19-/m1/s1. The van der Waals surface area contributed by atoms with Crippen molar-refractivity contribution in [3.63, 3.8) is 0 Å². The summed E-state index contributed by atoms with van der Waals surface area (Å²) < 4.78 is 7.92. The molecule has 2 heterocycles. The lowest BCUT2D eigenvalue weighted by Gasteiger charge is -2.05. The molecule has 2 aromatic carbocycles. The van der Waals surface area contributed by atoms with E-state index in [2.05, 4.69) is 83.7 Å². The van der Waals surface area contributed by atoms with E-state index >= 15 is 0 Å². The van der Waals surface area contributed by atoms with E-state index < -0.39 is 0 Å². The second kappa shape index (κ2) is 7.52. The highest BCUT2D eigenvalue weighted by Crippen LogP contribution is 2.32. The molecule has 1 N–H and O–H groups in total. The third-order valence-electron chi connectivity index (χ3n) is 4.34. The average molecular weight is 364 g/mol. The first-order valence-electron chi connectivity index (χ1n) is 8.88. The third-order valence-corrected chi connectivity index (χ3v) is 5.57. The Morgan fingerprint density at radius 1 is 1.12 bits per heavy atom. The molecule has 1 aliphatic rings. The van der Waals surface area contributed by atoms with Crippen LogP contribution in [0.3, 0.4) is 0 Å². The van der Waals surface area contributed by atoms with Crippen molar-refractivity contribution in [2.75, 3.05) is 12.4 Å². The number of thioether (sulfide) groups is 1. The Morgan fingerprint density at radius 3 is 2.31 bits per heavy atom. The molecule has 0 unspecified atom stereocenters. The minimum Gasteiger partial charge on any atom is -0.369 e. The van der Waals surface area contributed by atoms with Crippen LogP contribution in [0.2, 0.25) is 0 Å². The number of benzene rings is 2. The minimum atomic E-state index is 0.311. The Morgan fingerprint density at radius 2 is 1.73 bits per heavy atom. The molecule has 3 nitrogen and oxygen atoms in total. The van der Waals surface area contributed by atoms with Crippen LogP contribution in [-0.4, -0.2) is 23.4 Å². The van der Waals surface area contributed by atoms with Crippen molar-refractivity contribution in [3.8, 4) is 22.5 Å². The smallest absolute Gasteiger partial charge is 0.317 e. The summed E-state index contributed by atoms with van der Waals surface area (Å²) in [6.45, 7) is 7.83. The number of epoxide rings is 1. The quantitative estimate of drug-likeness (QED) is 0.285. The second-order valence-corrected chi connectivity index (χ2v) is 7.66. The number of H-pyrrole nitrogens is 1. The van der Waals surface area contributed by atoms with Crippen LogP contribution in [0.15, 0.2) is 78.0 Å². The molecule has 1 aliphatic heterocycles. The number of ether oxygens (including phenoxy) is 1. The van der Waals surface area contributed by atoms with Gasteiger partial charge >= 0.3 is 5.16 Å². The number of nitrogens with one attached hydrogen (secondary N) is 1. The SMILES string of the molecule is C=C(C)CSc1[nH]c(-c2ccccc2)c(-c2ccccc2)[n+]1C[C@@H]1CO1. The predicted molar refractivity (Wildman–Crippen MR) is 107 cm³/mol. The lowest BCUT2D eigenvalue weighted by Crippen LogP contribution is -2.39. The van der Waals surface area contributed by atoms with Gasteiger partial charge in [-0.3, -0.25) is 0 Å². The van der Waals surface area contributed by atoms with Crippen LogP contribution in [0.5, 0.6) is 0 Å². The van der Waals surface area contributed by atoms with Crippen molar-refractivity contribution in [1.29, 1.82) is 0 Å². The summed E-state index contributed by atoms with van der Waals surface area (Å²) in [6.07, 6.45) is 0.311. The third kappa shape index (κ3) is 3.76. The van der Waals surface area contributed by atoms with Crippen molar-refractivity contribution in [2.24, 2.45) is 0 Å². The largest absolute Gasteiger partial charge is 0.369 e. The molecule has 26 heavy (non-hydrogen) atoms. The first-order valence-corrected chi connectivity index (χ1v) is 9.86. The van der Waals surface area contributed by atoms with Gasteiger partial charge in [0, 0.05) is 16.9 Å².